The number of nitrogens with zero attached hydrogens (tertiary/aromatic N) is 2. The molecular formula is C22H27FN2O2S. The molecule has 4 nitrogen and oxygen atoms in total. The zero-order valence-electron chi connectivity index (χ0n) is 16.0. The zero-order chi connectivity index (χ0) is 19.5. The molecule has 2 aromatic rings. The summed E-state index contributed by atoms with van der Waals surface area (Å²) < 4.78 is 35.2. The molecule has 0 N–H and O–H groups in total. The van der Waals surface area contributed by atoms with Gasteiger partial charge in [0.15, 0.2) is 0 Å². The van der Waals surface area contributed by atoms with Gasteiger partial charge in [0.05, 0.1) is 5.75 Å². The number of anilines is 1. The van der Waals surface area contributed by atoms with Crippen molar-refractivity contribution in [2.45, 2.75) is 37.5 Å². The molecule has 4 rings (SSSR count). The number of likely N-dealkylation sites (tertiary alicyclic amines) is 1. The molecule has 0 saturated carbocycles. The van der Waals surface area contributed by atoms with Gasteiger partial charge in [-0.25, -0.2) is 12.8 Å². The summed E-state index contributed by atoms with van der Waals surface area (Å²) in [6.45, 7) is 4.19. The van der Waals surface area contributed by atoms with Crippen molar-refractivity contribution >= 4 is 16.4 Å². The quantitative estimate of drug-likeness (QED) is 0.754. The van der Waals surface area contributed by atoms with Crippen LogP contribution in [0.4, 0.5) is 10.1 Å². The minimum atomic E-state index is -2.39. The predicted octanol–water partition coefficient (Wildman–Crippen LogP) is 3.01. The standard InChI is InChI=1S/C22H27FN2O2S/c23-20-5-2-17(3-6-20)7-11-24-12-9-21(10-13-24)25-14-8-19-4-1-18(15-22(19)25)16-28(26)27/h1-6,15,21,28H,7-14,16H2. The van der Waals surface area contributed by atoms with Crippen LogP contribution in [0.2, 0.25) is 0 Å². The van der Waals surface area contributed by atoms with Gasteiger partial charge in [-0.2, -0.15) is 0 Å². The van der Waals surface area contributed by atoms with Crippen LogP contribution in [-0.2, 0) is 29.3 Å². The van der Waals surface area contributed by atoms with Crippen LogP contribution in [0.25, 0.3) is 0 Å². The molecule has 0 aromatic heterocycles. The molecule has 2 heterocycles. The third-order valence-electron chi connectivity index (χ3n) is 6.02. The minimum Gasteiger partial charge on any atom is -0.368 e. The molecule has 1 fully saturated rings. The van der Waals surface area contributed by atoms with Gasteiger partial charge in [-0.3, -0.25) is 0 Å². The molecular weight excluding hydrogens is 375 g/mol. The molecule has 0 spiro atoms. The number of piperidine rings is 1. The maximum Gasteiger partial charge on any atom is 0.144 e. The van der Waals surface area contributed by atoms with Crippen molar-refractivity contribution in [1.29, 1.82) is 0 Å². The van der Waals surface area contributed by atoms with Crippen molar-refractivity contribution < 1.29 is 12.8 Å². The summed E-state index contributed by atoms with van der Waals surface area (Å²) in [6.07, 6.45) is 4.25. The largest absolute Gasteiger partial charge is 0.368 e. The fraction of sp³-hybridized carbons (Fsp3) is 0.455. The molecule has 0 radical (unpaired) electrons. The van der Waals surface area contributed by atoms with Crippen LogP contribution in [-0.4, -0.2) is 45.5 Å². The van der Waals surface area contributed by atoms with E-state index in [4.69, 9.17) is 0 Å². The highest BCUT2D eigenvalue weighted by Gasteiger charge is 2.29. The summed E-state index contributed by atoms with van der Waals surface area (Å²) in [5, 5.41) is 0. The Balaban J connectivity index is 1.33. The lowest BCUT2D eigenvalue weighted by atomic mass is 10.0. The molecule has 150 valence electrons. The van der Waals surface area contributed by atoms with Crippen LogP contribution >= 0.6 is 0 Å². The van der Waals surface area contributed by atoms with Crippen LogP contribution in [0, 0.1) is 5.82 Å². The predicted molar refractivity (Wildman–Crippen MR) is 111 cm³/mol. The molecule has 0 bridgehead atoms. The van der Waals surface area contributed by atoms with Gasteiger partial charge >= 0.3 is 0 Å². The van der Waals surface area contributed by atoms with E-state index in [9.17, 15) is 12.8 Å². The Morgan fingerprint density at radius 1 is 0.964 bits per heavy atom. The van der Waals surface area contributed by atoms with Gasteiger partial charge in [0.25, 0.3) is 0 Å². The van der Waals surface area contributed by atoms with Crippen LogP contribution in [0.5, 0.6) is 0 Å². The molecule has 2 aromatic carbocycles. The van der Waals surface area contributed by atoms with Crippen molar-refractivity contribution in [3.8, 4) is 0 Å². The molecule has 0 unspecified atom stereocenters. The lowest BCUT2D eigenvalue weighted by molar-refractivity contribution is 0.212. The van der Waals surface area contributed by atoms with Crippen molar-refractivity contribution in [3.63, 3.8) is 0 Å². The van der Waals surface area contributed by atoms with E-state index in [2.05, 4.69) is 21.9 Å². The summed E-state index contributed by atoms with van der Waals surface area (Å²) in [7, 11) is -2.39. The minimum absolute atomic E-state index is 0.123. The summed E-state index contributed by atoms with van der Waals surface area (Å²) in [5.41, 5.74) is 4.64. The number of rotatable bonds is 6. The van der Waals surface area contributed by atoms with Gasteiger partial charge in [-0.05, 0) is 60.6 Å². The van der Waals surface area contributed by atoms with Crippen LogP contribution in [0.1, 0.15) is 29.5 Å². The van der Waals surface area contributed by atoms with E-state index in [1.807, 2.05) is 18.2 Å². The second kappa shape index (κ2) is 8.62. The average Bonchev–Trinajstić information content (AvgIpc) is 3.11. The summed E-state index contributed by atoms with van der Waals surface area (Å²) in [5.74, 6) is -0.0566. The zero-order valence-corrected chi connectivity index (χ0v) is 16.9. The average molecular weight is 403 g/mol. The first-order valence-electron chi connectivity index (χ1n) is 10.1. The topological polar surface area (TPSA) is 40.6 Å². The lowest BCUT2D eigenvalue weighted by Crippen LogP contribution is -2.45. The number of benzene rings is 2. The van der Waals surface area contributed by atoms with E-state index < -0.39 is 10.7 Å². The van der Waals surface area contributed by atoms with Gasteiger partial charge in [0.1, 0.15) is 16.5 Å². The van der Waals surface area contributed by atoms with Crippen molar-refractivity contribution in [2.24, 2.45) is 0 Å². The van der Waals surface area contributed by atoms with Gasteiger partial charge in [0.2, 0.25) is 0 Å². The Hall–Kier alpha value is -1.92. The van der Waals surface area contributed by atoms with Gasteiger partial charge < -0.3 is 9.80 Å². The fourth-order valence-electron chi connectivity index (χ4n) is 4.47. The molecule has 2 aliphatic heterocycles. The summed E-state index contributed by atoms with van der Waals surface area (Å²) in [4.78, 5) is 4.99. The molecule has 1 saturated heterocycles. The van der Waals surface area contributed by atoms with E-state index in [-0.39, 0.29) is 11.6 Å². The second-order valence-corrected chi connectivity index (χ2v) is 8.83. The molecule has 0 atom stereocenters. The Kier molecular flexibility index (Phi) is 5.97. The summed E-state index contributed by atoms with van der Waals surface area (Å²) >= 11 is 0. The van der Waals surface area contributed by atoms with Crippen molar-refractivity contribution in [2.75, 3.05) is 31.1 Å². The smallest absolute Gasteiger partial charge is 0.144 e. The lowest BCUT2D eigenvalue weighted by Gasteiger charge is -2.38. The molecule has 0 amide bonds. The Morgan fingerprint density at radius 3 is 2.39 bits per heavy atom. The normalized spacial score (nSPS) is 18.0. The Labute approximate surface area is 167 Å². The number of thiol groups is 1. The van der Waals surface area contributed by atoms with Crippen molar-refractivity contribution in [1.82, 2.24) is 4.90 Å². The van der Waals surface area contributed by atoms with Crippen LogP contribution in [0.3, 0.4) is 0 Å². The first kappa shape index (κ1) is 19.4. The van der Waals surface area contributed by atoms with Gasteiger partial charge in [0, 0.05) is 37.9 Å². The fourth-order valence-corrected chi connectivity index (χ4v) is 4.96. The van der Waals surface area contributed by atoms with Crippen LogP contribution in [0.15, 0.2) is 42.5 Å². The molecule has 6 heteroatoms. The third kappa shape index (κ3) is 4.55. The number of halogens is 1. The van der Waals surface area contributed by atoms with E-state index in [1.54, 1.807) is 0 Å². The van der Waals surface area contributed by atoms with Crippen molar-refractivity contribution in [3.05, 3.63) is 65.0 Å². The number of hydrogen-bond donors (Lipinski definition) is 1. The first-order valence-corrected chi connectivity index (χ1v) is 11.4. The van der Waals surface area contributed by atoms with Crippen LogP contribution < -0.4 is 4.90 Å². The molecule has 28 heavy (non-hydrogen) atoms. The highest BCUT2D eigenvalue weighted by molar-refractivity contribution is 7.71. The highest BCUT2D eigenvalue weighted by Crippen LogP contribution is 2.33. The monoisotopic (exact) mass is 402 g/mol. The summed E-state index contributed by atoms with van der Waals surface area (Å²) in [6, 6.07) is 13.5. The van der Waals surface area contributed by atoms with E-state index >= 15 is 0 Å². The molecule has 2 aliphatic rings. The number of hydrogen-bond acceptors (Lipinski definition) is 4. The van der Waals surface area contributed by atoms with Gasteiger partial charge in [-0.15, -0.1) is 0 Å². The van der Waals surface area contributed by atoms with E-state index in [1.165, 1.54) is 28.9 Å². The van der Waals surface area contributed by atoms with E-state index in [0.717, 1.165) is 57.4 Å². The Bertz CT molecular complexity index is 882. The Morgan fingerprint density at radius 2 is 1.68 bits per heavy atom. The number of fused-ring (bicyclic) bond motifs is 1. The maximum atomic E-state index is 13.0. The van der Waals surface area contributed by atoms with E-state index in [0.29, 0.717) is 6.04 Å². The molecule has 0 aliphatic carbocycles. The highest BCUT2D eigenvalue weighted by atomic mass is 32.2. The first-order chi connectivity index (χ1) is 13.6. The van der Waals surface area contributed by atoms with Gasteiger partial charge in [-0.1, -0.05) is 24.3 Å². The third-order valence-corrected chi connectivity index (χ3v) is 6.64. The SMILES string of the molecule is O=[SH](=O)Cc1ccc2c(c1)N(C1CCN(CCc3ccc(F)cc3)CC1)CC2. The maximum absolute atomic E-state index is 13.0. The second-order valence-electron chi connectivity index (χ2n) is 7.85.